The number of benzene rings is 2. The van der Waals surface area contributed by atoms with E-state index in [1.165, 1.54) is 27.1 Å². The van der Waals surface area contributed by atoms with Gasteiger partial charge in [0.2, 0.25) is 0 Å². The van der Waals surface area contributed by atoms with E-state index in [9.17, 15) is 0 Å². The summed E-state index contributed by atoms with van der Waals surface area (Å²) in [6.45, 7) is 4.29. The summed E-state index contributed by atoms with van der Waals surface area (Å²) in [6, 6.07) is 15.2. The maximum absolute atomic E-state index is 6.30. The fraction of sp³-hybridized carbons (Fsp3) is 0.294. The Balaban J connectivity index is 2.10. The van der Waals surface area contributed by atoms with Gasteiger partial charge >= 0.3 is 0 Å². The lowest BCUT2D eigenvalue weighted by Crippen LogP contribution is -2.13. The van der Waals surface area contributed by atoms with Crippen molar-refractivity contribution < 1.29 is 0 Å². The molecule has 1 atom stereocenters. The fourth-order valence-corrected chi connectivity index (χ4v) is 2.56. The van der Waals surface area contributed by atoms with E-state index in [-0.39, 0.29) is 6.04 Å². The Bertz CT molecular complexity index is 546. The zero-order valence-electron chi connectivity index (χ0n) is 11.8. The smallest absolute Gasteiger partial charge is 0.0335 e. The van der Waals surface area contributed by atoms with Crippen LogP contribution in [-0.4, -0.2) is 6.26 Å². The van der Waals surface area contributed by atoms with E-state index in [4.69, 9.17) is 5.73 Å². The Morgan fingerprint density at radius 2 is 1.68 bits per heavy atom. The highest BCUT2D eigenvalue weighted by molar-refractivity contribution is 7.98. The minimum atomic E-state index is 0.0676. The van der Waals surface area contributed by atoms with Gasteiger partial charge in [0.15, 0.2) is 0 Å². The van der Waals surface area contributed by atoms with Gasteiger partial charge in [-0.3, -0.25) is 0 Å². The topological polar surface area (TPSA) is 26.0 Å². The SMILES string of the molecule is CSc1ccc(C(N)Cc2ccc(C)c(C)c2)cc1. The van der Waals surface area contributed by atoms with E-state index in [1.54, 1.807) is 11.8 Å². The Kier molecular flexibility index (Phi) is 4.67. The average molecular weight is 271 g/mol. The van der Waals surface area contributed by atoms with Crippen molar-refractivity contribution in [1.82, 2.24) is 0 Å². The molecule has 0 bridgehead atoms. The quantitative estimate of drug-likeness (QED) is 0.840. The molecule has 1 unspecified atom stereocenters. The molecule has 0 aromatic heterocycles. The molecule has 100 valence electrons. The molecule has 0 spiro atoms. The Hall–Kier alpha value is -1.25. The molecule has 0 aliphatic heterocycles. The second-order valence-corrected chi connectivity index (χ2v) is 5.88. The molecule has 0 amide bonds. The summed E-state index contributed by atoms with van der Waals surface area (Å²) >= 11 is 1.76. The fourth-order valence-electron chi connectivity index (χ4n) is 2.15. The summed E-state index contributed by atoms with van der Waals surface area (Å²) < 4.78 is 0. The van der Waals surface area contributed by atoms with E-state index >= 15 is 0 Å². The van der Waals surface area contributed by atoms with Gasteiger partial charge in [-0.2, -0.15) is 0 Å². The molecule has 2 heteroatoms. The van der Waals surface area contributed by atoms with Crippen LogP contribution in [0.4, 0.5) is 0 Å². The summed E-state index contributed by atoms with van der Waals surface area (Å²) in [6.07, 6.45) is 2.98. The third-order valence-corrected chi connectivity index (χ3v) is 4.31. The van der Waals surface area contributed by atoms with E-state index in [0.29, 0.717) is 0 Å². The summed E-state index contributed by atoms with van der Waals surface area (Å²) in [5.41, 5.74) is 11.5. The van der Waals surface area contributed by atoms with Crippen molar-refractivity contribution in [2.45, 2.75) is 31.2 Å². The van der Waals surface area contributed by atoms with Gasteiger partial charge in [-0.1, -0.05) is 30.3 Å². The highest BCUT2D eigenvalue weighted by Crippen LogP contribution is 2.21. The Morgan fingerprint density at radius 3 is 2.26 bits per heavy atom. The van der Waals surface area contributed by atoms with Crippen LogP contribution in [0.5, 0.6) is 0 Å². The van der Waals surface area contributed by atoms with Gasteiger partial charge in [0.1, 0.15) is 0 Å². The number of aryl methyl sites for hydroxylation is 2. The predicted octanol–water partition coefficient (Wildman–Crippen LogP) is 4.27. The number of hydrogen-bond acceptors (Lipinski definition) is 2. The lowest BCUT2D eigenvalue weighted by atomic mass is 9.97. The molecule has 2 aromatic rings. The number of rotatable bonds is 4. The Labute approximate surface area is 120 Å². The summed E-state index contributed by atoms with van der Waals surface area (Å²) in [7, 11) is 0. The molecule has 2 N–H and O–H groups in total. The van der Waals surface area contributed by atoms with Crippen molar-refractivity contribution in [3.63, 3.8) is 0 Å². The van der Waals surface area contributed by atoms with Gasteiger partial charge in [0.05, 0.1) is 0 Å². The second kappa shape index (κ2) is 6.27. The van der Waals surface area contributed by atoms with Crippen LogP contribution in [0.15, 0.2) is 47.4 Å². The van der Waals surface area contributed by atoms with Crippen molar-refractivity contribution in [3.05, 3.63) is 64.7 Å². The molecule has 0 saturated carbocycles. The first-order chi connectivity index (χ1) is 9.10. The first-order valence-corrected chi connectivity index (χ1v) is 7.78. The molecular weight excluding hydrogens is 250 g/mol. The molecule has 19 heavy (non-hydrogen) atoms. The molecule has 0 aliphatic carbocycles. The number of hydrogen-bond donors (Lipinski definition) is 1. The number of nitrogens with two attached hydrogens (primary N) is 1. The van der Waals surface area contributed by atoms with Crippen LogP contribution in [0.1, 0.15) is 28.3 Å². The van der Waals surface area contributed by atoms with Crippen molar-refractivity contribution in [1.29, 1.82) is 0 Å². The molecule has 2 rings (SSSR count). The van der Waals surface area contributed by atoms with Crippen LogP contribution in [0, 0.1) is 13.8 Å². The van der Waals surface area contributed by atoms with E-state index in [2.05, 4.69) is 62.6 Å². The Morgan fingerprint density at radius 1 is 1.00 bits per heavy atom. The summed E-state index contributed by atoms with van der Waals surface area (Å²) in [5.74, 6) is 0. The van der Waals surface area contributed by atoms with Crippen molar-refractivity contribution >= 4 is 11.8 Å². The lowest BCUT2D eigenvalue weighted by molar-refractivity contribution is 0.720. The molecular formula is C17H21NS. The van der Waals surface area contributed by atoms with Crippen LogP contribution in [0.25, 0.3) is 0 Å². The third kappa shape index (κ3) is 3.62. The van der Waals surface area contributed by atoms with E-state index in [0.717, 1.165) is 6.42 Å². The first kappa shape index (κ1) is 14.2. The highest BCUT2D eigenvalue weighted by Gasteiger charge is 2.07. The highest BCUT2D eigenvalue weighted by atomic mass is 32.2. The van der Waals surface area contributed by atoms with E-state index < -0.39 is 0 Å². The minimum absolute atomic E-state index is 0.0676. The molecule has 0 fully saturated rings. The third-order valence-electron chi connectivity index (χ3n) is 3.57. The van der Waals surface area contributed by atoms with Gasteiger partial charge in [-0.25, -0.2) is 0 Å². The van der Waals surface area contributed by atoms with Crippen LogP contribution >= 0.6 is 11.8 Å². The molecule has 0 aliphatic rings. The van der Waals surface area contributed by atoms with E-state index in [1.807, 2.05) is 0 Å². The maximum Gasteiger partial charge on any atom is 0.0335 e. The van der Waals surface area contributed by atoms with Crippen LogP contribution < -0.4 is 5.73 Å². The van der Waals surface area contributed by atoms with Crippen molar-refractivity contribution in [2.24, 2.45) is 5.73 Å². The van der Waals surface area contributed by atoms with Crippen LogP contribution in [0.3, 0.4) is 0 Å². The lowest BCUT2D eigenvalue weighted by Gasteiger charge is -2.13. The average Bonchev–Trinajstić information content (AvgIpc) is 2.43. The van der Waals surface area contributed by atoms with Gasteiger partial charge in [0.25, 0.3) is 0 Å². The standard InChI is InChI=1S/C17H21NS/c1-12-4-5-14(10-13(12)2)11-17(18)15-6-8-16(19-3)9-7-15/h4-10,17H,11,18H2,1-3H3. The largest absolute Gasteiger partial charge is 0.324 e. The molecule has 2 aromatic carbocycles. The van der Waals surface area contributed by atoms with Crippen molar-refractivity contribution in [3.8, 4) is 0 Å². The molecule has 0 saturated heterocycles. The maximum atomic E-state index is 6.30. The monoisotopic (exact) mass is 271 g/mol. The van der Waals surface area contributed by atoms with Crippen LogP contribution in [0.2, 0.25) is 0 Å². The first-order valence-electron chi connectivity index (χ1n) is 6.56. The molecule has 1 nitrogen and oxygen atoms in total. The normalized spacial score (nSPS) is 12.4. The minimum Gasteiger partial charge on any atom is -0.324 e. The second-order valence-electron chi connectivity index (χ2n) is 5.00. The predicted molar refractivity (Wildman–Crippen MR) is 84.8 cm³/mol. The van der Waals surface area contributed by atoms with Crippen LogP contribution in [-0.2, 0) is 6.42 Å². The molecule has 0 radical (unpaired) electrons. The zero-order chi connectivity index (χ0) is 13.8. The summed E-state index contributed by atoms with van der Waals surface area (Å²) in [5, 5.41) is 0. The van der Waals surface area contributed by atoms with Gasteiger partial charge < -0.3 is 5.73 Å². The zero-order valence-corrected chi connectivity index (χ0v) is 12.6. The van der Waals surface area contributed by atoms with Gasteiger partial charge in [0, 0.05) is 10.9 Å². The van der Waals surface area contributed by atoms with Gasteiger partial charge in [-0.15, -0.1) is 11.8 Å². The molecule has 0 heterocycles. The summed E-state index contributed by atoms with van der Waals surface area (Å²) in [4.78, 5) is 1.28. The number of thioether (sulfide) groups is 1. The van der Waals surface area contributed by atoms with Crippen molar-refractivity contribution in [2.75, 3.05) is 6.26 Å². The van der Waals surface area contributed by atoms with Gasteiger partial charge in [-0.05, 0) is 60.9 Å².